The standard InChI is InChI=1S/C10H13NOS/c1-6-4-7(5-13-6)8-10(2,3)9(12)11-8/h4-5,8H,1-3H3,(H,11,12). The van der Waals surface area contributed by atoms with Crippen LogP contribution >= 0.6 is 11.3 Å². The normalized spacial score (nSPS) is 25.2. The summed E-state index contributed by atoms with van der Waals surface area (Å²) in [6.07, 6.45) is 0. The fourth-order valence-electron chi connectivity index (χ4n) is 1.67. The van der Waals surface area contributed by atoms with Crippen LogP contribution in [0.3, 0.4) is 0 Å². The molecule has 1 aromatic rings. The molecule has 0 bridgehead atoms. The van der Waals surface area contributed by atoms with E-state index in [1.54, 1.807) is 11.3 Å². The molecule has 3 heteroatoms. The lowest BCUT2D eigenvalue weighted by molar-refractivity contribution is -0.143. The molecule has 0 saturated carbocycles. The predicted octanol–water partition coefficient (Wildman–Crippen LogP) is 2.25. The third-order valence-electron chi connectivity index (χ3n) is 2.67. The van der Waals surface area contributed by atoms with Gasteiger partial charge < -0.3 is 5.32 Å². The van der Waals surface area contributed by atoms with Gasteiger partial charge in [-0.2, -0.15) is 0 Å². The van der Waals surface area contributed by atoms with E-state index >= 15 is 0 Å². The second-order valence-corrected chi connectivity index (χ2v) is 5.23. The first-order valence-electron chi connectivity index (χ1n) is 4.38. The van der Waals surface area contributed by atoms with Crippen molar-refractivity contribution in [1.29, 1.82) is 0 Å². The number of carbonyl (C=O) groups excluding carboxylic acids is 1. The molecular weight excluding hydrogens is 182 g/mol. The lowest BCUT2D eigenvalue weighted by atomic mass is 9.73. The maximum absolute atomic E-state index is 11.2. The van der Waals surface area contributed by atoms with Crippen molar-refractivity contribution >= 4 is 17.2 Å². The van der Waals surface area contributed by atoms with E-state index in [-0.39, 0.29) is 17.4 Å². The van der Waals surface area contributed by atoms with Crippen LogP contribution in [0, 0.1) is 12.3 Å². The van der Waals surface area contributed by atoms with Crippen LogP contribution < -0.4 is 5.32 Å². The molecule has 1 saturated heterocycles. The Morgan fingerprint density at radius 3 is 2.62 bits per heavy atom. The molecule has 0 spiro atoms. The second-order valence-electron chi connectivity index (χ2n) is 4.12. The fourth-order valence-corrected chi connectivity index (χ4v) is 2.40. The first kappa shape index (κ1) is 8.75. The van der Waals surface area contributed by atoms with Crippen LogP contribution in [-0.4, -0.2) is 5.91 Å². The maximum Gasteiger partial charge on any atom is 0.228 e. The number of nitrogens with one attached hydrogen (secondary N) is 1. The Balaban J connectivity index is 2.26. The molecule has 0 radical (unpaired) electrons. The summed E-state index contributed by atoms with van der Waals surface area (Å²) in [6, 6.07) is 2.36. The van der Waals surface area contributed by atoms with Gasteiger partial charge in [-0.1, -0.05) is 0 Å². The number of rotatable bonds is 1. The average Bonchev–Trinajstić information content (AvgIpc) is 2.47. The van der Waals surface area contributed by atoms with Crippen molar-refractivity contribution in [2.24, 2.45) is 5.41 Å². The van der Waals surface area contributed by atoms with E-state index in [1.807, 2.05) is 13.8 Å². The maximum atomic E-state index is 11.2. The van der Waals surface area contributed by atoms with Crippen molar-refractivity contribution in [1.82, 2.24) is 5.32 Å². The highest BCUT2D eigenvalue weighted by atomic mass is 32.1. The summed E-state index contributed by atoms with van der Waals surface area (Å²) in [5, 5.41) is 5.06. The number of hydrogen-bond donors (Lipinski definition) is 1. The average molecular weight is 195 g/mol. The molecule has 1 aliphatic heterocycles. The lowest BCUT2D eigenvalue weighted by Crippen LogP contribution is -2.57. The van der Waals surface area contributed by atoms with Crippen LogP contribution in [0.2, 0.25) is 0 Å². The first-order valence-corrected chi connectivity index (χ1v) is 5.26. The number of thiophene rings is 1. The molecular formula is C10H13NOS. The number of aryl methyl sites for hydroxylation is 1. The van der Waals surface area contributed by atoms with Gasteiger partial charge in [0.25, 0.3) is 0 Å². The molecule has 2 heterocycles. The minimum atomic E-state index is -0.229. The summed E-state index contributed by atoms with van der Waals surface area (Å²) in [4.78, 5) is 12.5. The predicted molar refractivity (Wildman–Crippen MR) is 53.7 cm³/mol. The Kier molecular flexibility index (Phi) is 1.74. The third-order valence-corrected chi connectivity index (χ3v) is 3.55. The fraction of sp³-hybridized carbons (Fsp3) is 0.500. The van der Waals surface area contributed by atoms with E-state index in [0.717, 1.165) is 0 Å². The van der Waals surface area contributed by atoms with E-state index < -0.39 is 0 Å². The van der Waals surface area contributed by atoms with Crippen LogP contribution in [0.4, 0.5) is 0 Å². The molecule has 13 heavy (non-hydrogen) atoms. The molecule has 1 N–H and O–H groups in total. The Morgan fingerprint density at radius 2 is 2.23 bits per heavy atom. The molecule has 2 nitrogen and oxygen atoms in total. The summed E-state index contributed by atoms with van der Waals surface area (Å²) < 4.78 is 0. The van der Waals surface area contributed by atoms with Crippen molar-refractivity contribution in [2.75, 3.05) is 0 Å². The van der Waals surface area contributed by atoms with Crippen molar-refractivity contribution in [3.05, 3.63) is 21.9 Å². The number of hydrogen-bond acceptors (Lipinski definition) is 2. The van der Waals surface area contributed by atoms with Gasteiger partial charge >= 0.3 is 0 Å². The van der Waals surface area contributed by atoms with Crippen LogP contribution in [0.25, 0.3) is 0 Å². The zero-order valence-corrected chi connectivity index (χ0v) is 8.87. The topological polar surface area (TPSA) is 29.1 Å². The van der Waals surface area contributed by atoms with Crippen LogP contribution in [-0.2, 0) is 4.79 Å². The van der Waals surface area contributed by atoms with E-state index in [2.05, 4.69) is 23.7 Å². The highest BCUT2D eigenvalue weighted by molar-refractivity contribution is 7.10. The Labute approximate surface area is 82.0 Å². The first-order chi connectivity index (χ1) is 6.01. The summed E-state index contributed by atoms with van der Waals surface area (Å²) in [6.45, 7) is 6.06. The second kappa shape index (κ2) is 2.58. The molecule has 1 aliphatic rings. The van der Waals surface area contributed by atoms with Crippen molar-refractivity contribution in [3.63, 3.8) is 0 Å². The highest BCUT2D eigenvalue weighted by Crippen LogP contribution is 2.42. The Morgan fingerprint density at radius 1 is 1.54 bits per heavy atom. The van der Waals surface area contributed by atoms with Crippen LogP contribution in [0.15, 0.2) is 11.4 Å². The zero-order chi connectivity index (χ0) is 9.64. The molecule has 2 rings (SSSR count). The molecule has 1 atom stereocenters. The molecule has 0 aromatic carbocycles. The largest absolute Gasteiger partial charge is 0.348 e. The summed E-state index contributed by atoms with van der Waals surface area (Å²) >= 11 is 1.73. The monoisotopic (exact) mass is 195 g/mol. The molecule has 0 aliphatic carbocycles. The van der Waals surface area contributed by atoms with E-state index in [0.29, 0.717) is 0 Å². The zero-order valence-electron chi connectivity index (χ0n) is 8.05. The number of β-lactam (4-membered cyclic amide) rings is 1. The van der Waals surface area contributed by atoms with Gasteiger partial charge in [0, 0.05) is 4.88 Å². The van der Waals surface area contributed by atoms with Gasteiger partial charge in [-0.15, -0.1) is 11.3 Å². The highest BCUT2D eigenvalue weighted by Gasteiger charge is 2.48. The summed E-state index contributed by atoms with van der Waals surface area (Å²) in [7, 11) is 0. The van der Waals surface area contributed by atoms with Gasteiger partial charge in [0.2, 0.25) is 5.91 Å². The smallest absolute Gasteiger partial charge is 0.228 e. The van der Waals surface area contributed by atoms with Gasteiger partial charge in [0.15, 0.2) is 0 Å². The quantitative estimate of drug-likeness (QED) is 0.684. The van der Waals surface area contributed by atoms with Crippen molar-refractivity contribution in [2.45, 2.75) is 26.8 Å². The summed E-state index contributed by atoms with van der Waals surface area (Å²) in [5.41, 5.74) is 1.01. The van der Waals surface area contributed by atoms with Gasteiger partial charge in [0.1, 0.15) is 0 Å². The van der Waals surface area contributed by atoms with Crippen molar-refractivity contribution in [3.8, 4) is 0 Å². The van der Waals surface area contributed by atoms with Crippen molar-refractivity contribution < 1.29 is 4.79 Å². The third kappa shape index (κ3) is 1.18. The Hall–Kier alpha value is -0.830. The van der Waals surface area contributed by atoms with Crippen LogP contribution in [0.1, 0.15) is 30.3 Å². The molecule has 1 aromatic heterocycles. The van der Waals surface area contributed by atoms with E-state index in [9.17, 15) is 4.79 Å². The number of amides is 1. The minimum Gasteiger partial charge on any atom is -0.348 e. The number of carbonyl (C=O) groups is 1. The van der Waals surface area contributed by atoms with E-state index in [1.165, 1.54) is 10.4 Å². The molecule has 70 valence electrons. The van der Waals surface area contributed by atoms with Gasteiger partial charge in [-0.05, 0) is 37.8 Å². The van der Waals surface area contributed by atoms with Gasteiger partial charge in [-0.25, -0.2) is 0 Å². The molecule has 1 amide bonds. The SMILES string of the molecule is Cc1cc(C2NC(=O)C2(C)C)cs1. The lowest BCUT2D eigenvalue weighted by Gasteiger charge is -2.43. The van der Waals surface area contributed by atoms with E-state index in [4.69, 9.17) is 0 Å². The molecule has 1 fully saturated rings. The Bertz CT molecular complexity index is 354. The van der Waals surface area contributed by atoms with Crippen LogP contribution in [0.5, 0.6) is 0 Å². The molecule has 1 unspecified atom stereocenters. The summed E-state index contributed by atoms with van der Waals surface area (Å²) in [5.74, 6) is 0.154. The van der Waals surface area contributed by atoms with Gasteiger partial charge in [-0.3, -0.25) is 4.79 Å². The minimum absolute atomic E-state index is 0.154. The van der Waals surface area contributed by atoms with Gasteiger partial charge in [0.05, 0.1) is 11.5 Å².